The van der Waals surface area contributed by atoms with Crippen LogP contribution in [0.15, 0.2) is 36.4 Å². The van der Waals surface area contributed by atoms with Crippen LogP contribution in [0.25, 0.3) is 0 Å². The number of nitrogen functional groups attached to an aromatic ring is 1. The molecule has 2 rings (SSSR count). The van der Waals surface area contributed by atoms with Gasteiger partial charge in [0, 0.05) is 5.56 Å². The molecule has 0 bridgehead atoms. The zero-order valence-electron chi connectivity index (χ0n) is 12.6. The lowest BCUT2D eigenvalue weighted by molar-refractivity contribution is 0.301. The van der Waals surface area contributed by atoms with Crippen molar-refractivity contribution in [3.8, 4) is 11.5 Å². The molecule has 0 heterocycles. The Morgan fingerprint density at radius 3 is 2.38 bits per heavy atom. The molecule has 2 aromatic rings. The summed E-state index contributed by atoms with van der Waals surface area (Å²) in [6.07, 6.45) is 0. The Morgan fingerprint density at radius 1 is 1.14 bits per heavy atom. The molecule has 110 valence electrons. The van der Waals surface area contributed by atoms with Crippen molar-refractivity contribution in [1.82, 2.24) is 0 Å². The Hall–Kier alpha value is -2.49. The first-order valence-corrected chi connectivity index (χ1v) is 6.72. The molecule has 0 spiro atoms. The number of benzene rings is 2. The molecule has 2 aromatic carbocycles. The van der Waals surface area contributed by atoms with Crippen molar-refractivity contribution in [3.63, 3.8) is 0 Å². The number of rotatable bonds is 5. The van der Waals surface area contributed by atoms with Gasteiger partial charge in [-0.05, 0) is 54.8 Å². The summed E-state index contributed by atoms with van der Waals surface area (Å²) in [4.78, 5) is 0. The number of nitrogens with one attached hydrogen (secondary N) is 1. The van der Waals surface area contributed by atoms with Gasteiger partial charge in [0.05, 0.1) is 7.11 Å². The second kappa shape index (κ2) is 6.31. The third kappa shape index (κ3) is 3.54. The fourth-order valence-corrected chi connectivity index (χ4v) is 2.25. The van der Waals surface area contributed by atoms with Gasteiger partial charge in [0.1, 0.15) is 23.9 Å². The number of amidine groups is 1. The Balaban J connectivity index is 2.18. The van der Waals surface area contributed by atoms with E-state index in [2.05, 4.69) is 0 Å². The first kappa shape index (κ1) is 14.9. The lowest BCUT2D eigenvalue weighted by Crippen LogP contribution is -2.12. The van der Waals surface area contributed by atoms with E-state index in [1.165, 1.54) is 0 Å². The first-order chi connectivity index (χ1) is 10.0. The average molecular weight is 284 g/mol. The lowest BCUT2D eigenvalue weighted by atomic mass is 10.1. The molecule has 0 amide bonds. The van der Waals surface area contributed by atoms with Gasteiger partial charge in [-0.15, -0.1) is 0 Å². The second-order valence-corrected chi connectivity index (χ2v) is 4.99. The number of ether oxygens (including phenoxy) is 2. The largest absolute Gasteiger partial charge is 0.497 e. The third-order valence-electron chi connectivity index (χ3n) is 3.29. The highest BCUT2D eigenvalue weighted by Gasteiger charge is 2.08. The number of aryl methyl sites for hydroxylation is 2. The van der Waals surface area contributed by atoms with E-state index < -0.39 is 0 Å². The maximum absolute atomic E-state index is 7.50. The predicted molar refractivity (Wildman–Crippen MR) is 84.3 cm³/mol. The minimum Gasteiger partial charge on any atom is -0.497 e. The molecule has 0 aliphatic carbocycles. The maximum Gasteiger partial charge on any atom is 0.125 e. The summed E-state index contributed by atoms with van der Waals surface area (Å²) in [5.41, 5.74) is 9.24. The van der Waals surface area contributed by atoms with Gasteiger partial charge in [-0.3, -0.25) is 5.41 Å². The van der Waals surface area contributed by atoms with Gasteiger partial charge in [-0.25, -0.2) is 0 Å². The number of hydrogen-bond acceptors (Lipinski definition) is 3. The number of hydrogen-bond donors (Lipinski definition) is 2. The minimum atomic E-state index is 0.0699. The van der Waals surface area contributed by atoms with Gasteiger partial charge in [0.15, 0.2) is 0 Å². The summed E-state index contributed by atoms with van der Waals surface area (Å²) >= 11 is 0. The topological polar surface area (TPSA) is 68.3 Å². The molecule has 21 heavy (non-hydrogen) atoms. The molecular formula is C17H20N2O2. The maximum atomic E-state index is 7.50. The van der Waals surface area contributed by atoms with Crippen molar-refractivity contribution in [1.29, 1.82) is 5.41 Å². The third-order valence-corrected chi connectivity index (χ3v) is 3.29. The molecule has 0 atom stereocenters. The van der Waals surface area contributed by atoms with Gasteiger partial charge < -0.3 is 15.2 Å². The standard InChI is InChI=1S/C17H20N2O2/c1-11-7-14(17(18)19)8-12(2)16(11)21-10-13-5-4-6-15(9-13)20-3/h4-9H,10H2,1-3H3,(H3,18,19). The van der Waals surface area contributed by atoms with E-state index in [1.807, 2.05) is 50.2 Å². The zero-order valence-corrected chi connectivity index (χ0v) is 12.6. The van der Waals surface area contributed by atoms with Crippen molar-refractivity contribution >= 4 is 5.84 Å². The highest BCUT2D eigenvalue weighted by atomic mass is 16.5. The fraction of sp³-hybridized carbons (Fsp3) is 0.235. The van der Waals surface area contributed by atoms with Crippen molar-refractivity contribution in [2.75, 3.05) is 7.11 Å². The van der Waals surface area contributed by atoms with Crippen molar-refractivity contribution in [2.45, 2.75) is 20.5 Å². The average Bonchev–Trinajstić information content (AvgIpc) is 2.46. The van der Waals surface area contributed by atoms with E-state index in [9.17, 15) is 0 Å². The SMILES string of the molecule is COc1cccc(COc2c(C)cc(C(=N)N)cc2C)c1. The van der Waals surface area contributed by atoms with E-state index in [0.29, 0.717) is 6.61 Å². The van der Waals surface area contributed by atoms with E-state index in [0.717, 1.165) is 33.8 Å². The van der Waals surface area contributed by atoms with Gasteiger partial charge >= 0.3 is 0 Å². The predicted octanol–water partition coefficient (Wildman–Crippen LogP) is 3.18. The molecule has 0 unspecified atom stereocenters. The van der Waals surface area contributed by atoms with Crippen molar-refractivity contribution in [2.24, 2.45) is 5.73 Å². The van der Waals surface area contributed by atoms with E-state index in [-0.39, 0.29) is 5.84 Å². The monoisotopic (exact) mass is 284 g/mol. The van der Waals surface area contributed by atoms with Gasteiger partial charge in [-0.2, -0.15) is 0 Å². The van der Waals surface area contributed by atoms with Gasteiger partial charge in [-0.1, -0.05) is 12.1 Å². The normalized spacial score (nSPS) is 10.2. The molecule has 4 nitrogen and oxygen atoms in total. The summed E-state index contributed by atoms with van der Waals surface area (Å²) in [5.74, 6) is 1.72. The van der Waals surface area contributed by atoms with Crippen LogP contribution in [0.5, 0.6) is 11.5 Å². The Labute approximate surface area is 125 Å². The smallest absolute Gasteiger partial charge is 0.125 e. The molecule has 4 heteroatoms. The molecule has 3 N–H and O–H groups in total. The molecule has 0 saturated carbocycles. The van der Waals surface area contributed by atoms with E-state index in [4.69, 9.17) is 20.6 Å². The molecule has 0 fully saturated rings. The van der Waals surface area contributed by atoms with E-state index in [1.54, 1.807) is 7.11 Å². The zero-order chi connectivity index (χ0) is 15.4. The summed E-state index contributed by atoms with van der Waals surface area (Å²) in [6, 6.07) is 11.5. The van der Waals surface area contributed by atoms with Crippen LogP contribution in [0.3, 0.4) is 0 Å². The van der Waals surface area contributed by atoms with E-state index >= 15 is 0 Å². The Morgan fingerprint density at radius 2 is 1.81 bits per heavy atom. The molecule has 0 aromatic heterocycles. The van der Waals surface area contributed by atoms with Crippen LogP contribution in [0.4, 0.5) is 0 Å². The first-order valence-electron chi connectivity index (χ1n) is 6.72. The van der Waals surface area contributed by atoms with Crippen LogP contribution in [0, 0.1) is 19.3 Å². The highest BCUT2D eigenvalue weighted by molar-refractivity contribution is 5.95. The van der Waals surface area contributed by atoms with Crippen LogP contribution >= 0.6 is 0 Å². The summed E-state index contributed by atoms with van der Waals surface area (Å²) in [5, 5.41) is 7.50. The molecule has 0 radical (unpaired) electrons. The Kier molecular flexibility index (Phi) is 4.48. The lowest BCUT2D eigenvalue weighted by Gasteiger charge is -2.14. The van der Waals surface area contributed by atoms with Crippen LogP contribution in [-0.2, 0) is 6.61 Å². The summed E-state index contributed by atoms with van der Waals surface area (Å²) in [7, 11) is 1.65. The van der Waals surface area contributed by atoms with Gasteiger partial charge in [0.25, 0.3) is 0 Å². The fourth-order valence-electron chi connectivity index (χ4n) is 2.25. The van der Waals surface area contributed by atoms with Crippen molar-refractivity contribution in [3.05, 3.63) is 58.7 Å². The minimum absolute atomic E-state index is 0.0699. The van der Waals surface area contributed by atoms with Crippen LogP contribution < -0.4 is 15.2 Å². The Bertz CT molecular complexity index is 643. The van der Waals surface area contributed by atoms with Crippen molar-refractivity contribution < 1.29 is 9.47 Å². The molecule has 0 aliphatic rings. The van der Waals surface area contributed by atoms with Crippen LogP contribution in [-0.4, -0.2) is 12.9 Å². The summed E-state index contributed by atoms with van der Waals surface area (Å²) < 4.78 is 11.1. The molecule has 0 aliphatic heterocycles. The summed E-state index contributed by atoms with van der Waals surface area (Å²) in [6.45, 7) is 4.39. The molecule has 0 saturated heterocycles. The van der Waals surface area contributed by atoms with Crippen LogP contribution in [0.2, 0.25) is 0 Å². The quantitative estimate of drug-likeness (QED) is 0.654. The highest BCUT2D eigenvalue weighted by Crippen LogP contribution is 2.26. The number of methoxy groups -OCH3 is 1. The second-order valence-electron chi connectivity index (χ2n) is 4.99. The van der Waals surface area contributed by atoms with Crippen LogP contribution in [0.1, 0.15) is 22.3 Å². The van der Waals surface area contributed by atoms with Gasteiger partial charge in [0.2, 0.25) is 0 Å². The molecular weight excluding hydrogens is 264 g/mol. The number of nitrogens with two attached hydrogens (primary N) is 1.